The Bertz CT molecular complexity index is 3860. The van der Waals surface area contributed by atoms with Crippen LogP contribution in [0.25, 0.3) is 127 Å². The van der Waals surface area contributed by atoms with Crippen LogP contribution in [0.4, 0.5) is 0 Å². The maximum atomic E-state index is 6.40. The zero-order valence-electron chi connectivity index (χ0n) is 33.5. The van der Waals surface area contributed by atoms with Crippen molar-refractivity contribution in [3.05, 3.63) is 194 Å². The van der Waals surface area contributed by atoms with E-state index in [0.717, 1.165) is 75.9 Å². The van der Waals surface area contributed by atoms with Crippen LogP contribution in [0.1, 0.15) is 0 Å². The average Bonchev–Trinajstić information content (AvgIpc) is 4.04. The maximum absolute atomic E-state index is 6.40. The Morgan fingerprint density at radius 3 is 1.68 bits per heavy atom. The Hall–Kier alpha value is -8.33. The molecule has 13 rings (SSSR count). The van der Waals surface area contributed by atoms with E-state index in [9.17, 15) is 0 Å². The first-order chi connectivity index (χ1) is 31.2. The largest absolute Gasteiger partial charge is 0.452 e. The molecule has 0 spiro atoms. The van der Waals surface area contributed by atoms with Crippen molar-refractivity contribution in [3.63, 3.8) is 0 Å². The number of rotatable bonds is 6. The molecule has 0 aliphatic carbocycles. The Balaban J connectivity index is 0.940. The third-order valence-corrected chi connectivity index (χ3v) is 13.1. The van der Waals surface area contributed by atoms with Gasteiger partial charge in [-0.3, -0.25) is 0 Å². The molecular weight excluding hydrogens is 793 g/mol. The molecule has 0 saturated heterocycles. The minimum Gasteiger partial charge on any atom is -0.452 e. The molecule has 0 fully saturated rings. The van der Waals surface area contributed by atoms with Crippen LogP contribution in [0.5, 0.6) is 0 Å². The van der Waals surface area contributed by atoms with Crippen LogP contribution in [-0.2, 0) is 0 Å². The minimum absolute atomic E-state index is 0.607. The van der Waals surface area contributed by atoms with E-state index in [1.807, 2.05) is 66.7 Å². The van der Waals surface area contributed by atoms with E-state index in [1.165, 1.54) is 21.8 Å². The number of thiophene rings is 1. The summed E-state index contributed by atoms with van der Waals surface area (Å²) in [7, 11) is 0. The van der Waals surface area contributed by atoms with Gasteiger partial charge in [0.05, 0.1) is 11.0 Å². The highest BCUT2D eigenvalue weighted by atomic mass is 32.1. The number of nitrogens with zero attached hydrogens (tertiary/aromatic N) is 6. The van der Waals surface area contributed by atoms with Crippen molar-refractivity contribution in [2.45, 2.75) is 0 Å². The summed E-state index contributed by atoms with van der Waals surface area (Å²) in [5, 5.41) is 5.66. The molecule has 8 heteroatoms. The van der Waals surface area contributed by atoms with E-state index in [1.54, 1.807) is 11.3 Å². The Labute approximate surface area is 364 Å². The van der Waals surface area contributed by atoms with Crippen molar-refractivity contribution >= 4 is 75.4 Å². The van der Waals surface area contributed by atoms with Crippen LogP contribution in [0, 0.1) is 0 Å². The van der Waals surface area contributed by atoms with Gasteiger partial charge in [-0.15, -0.1) is 11.3 Å². The molecule has 8 aromatic carbocycles. The lowest BCUT2D eigenvalue weighted by molar-refractivity contribution is 0.667. The Morgan fingerprint density at radius 2 is 0.968 bits per heavy atom. The SMILES string of the molecule is c1ccc(-c2nc(-c3ccc(-n4c5ccccc5c5ccccc54)cc3)nc(-c3ccc4sc5c(-c6nc(-c7ccccc7)c7oc8ccccc8c7n6)cccc5c4c3)n2)cc1. The fraction of sp³-hybridized carbons (Fsp3) is 0. The Morgan fingerprint density at radius 1 is 0.397 bits per heavy atom. The second kappa shape index (κ2) is 14.1. The van der Waals surface area contributed by atoms with E-state index in [4.69, 9.17) is 29.3 Å². The molecule has 0 amide bonds. The predicted molar refractivity (Wildman–Crippen MR) is 257 cm³/mol. The molecule has 0 aliphatic heterocycles. The first-order valence-corrected chi connectivity index (χ1v) is 21.6. The first-order valence-electron chi connectivity index (χ1n) is 20.8. The van der Waals surface area contributed by atoms with Crippen molar-refractivity contribution in [2.24, 2.45) is 0 Å². The number of fused-ring (bicyclic) bond motifs is 9. The molecule has 13 aromatic rings. The standard InChI is InChI=1S/C55H32N6OS/c1-3-14-33(15-4-1)48-50-49(41-20-9-12-25-46(41)62-50)57-55(56-48)42-22-13-21-40-43-32-36(28-31-47(43)63-51(40)42)54-59-52(34-16-5-2-6-17-34)58-53(60-54)35-26-29-37(30-27-35)61-44-23-10-7-18-38(44)39-19-8-11-24-45(39)61/h1-32H. The number of benzene rings is 8. The number of hydrogen-bond acceptors (Lipinski definition) is 7. The highest BCUT2D eigenvalue weighted by Gasteiger charge is 2.21. The van der Waals surface area contributed by atoms with Crippen LogP contribution in [0.15, 0.2) is 199 Å². The average molecular weight is 825 g/mol. The number of furan rings is 1. The summed E-state index contributed by atoms with van der Waals surface area (Å²) < 4.78 is 11.0. The van der Waals surface area contributed by atoms with Gasteiger partial charge < -0.3 is 8.98 Å². The van der Waals surface area contributed by atoms with Gasteiger partial charge in [-0.25, -0.2) is 24.9 Å². The smallest absolute Gasteiger partial charge is 0.180 e. The van der Waals surface area contributed by atoms with Gasteiger partial charge in [-0.2, -0.15) is 0 Å². The molecule has 5 aromatic heterocycles. The lowest BCUT2D eigenvalue weighted by Crippen LogP contribution is -2.00. The highest BCUT2D eigenvalue weighted by Crippen LogP contribution is 2.43. The monoisotopic (exact) mass is 824 g/mol. The Kier molecular flexibility index (Phi) is 7.94. The van der Waals surface area contributed by atoms with E-state index in [0.29, 0.717) is 28.9 Å². The van der Waals surface area contributed by atoms with Gasteiger partial charge in [-0.05, 0) is 72.8 Å². The van der Waals surface area contributed by atoms with Crippen LogP contribution >= 0.6 is 11.3 Å². The van der Waals surface area contributed by atoms with Gasteiger partial charge in [0.25, 0.3) is 0 Å². The van der Waals surface area contributed by atoms with Crippen LogP contribution in [0.3, 0.4) is 0 Å². The molecule has 5 heterocycles. The molecule has 0 unspecified atom stereocenters. The molecule has 7 nitrogen and oxygen atoms in total. The summed E-state index contributed by atoms with van der Waals surface area (Å²) in [6.45, 7) is 0. The zero-order valence-corrected chi connectivity index (χ0v) is 34.3. The second-order valence-corrected chi connectivity index (χ2v) is 16.7. The summed E-state index contributed by atoms with van der Waals surface area (Å²) >= 11 is 1.74. The van der Waals surface area contributed by atoms with Crippen molar-refractivity contribution < 1.29 is 4.42 Å². The zero-order chi connectivity index (χ0) is 41.4. The molecule has 0 bridgehead atoms. The molecule has 294 valence electrons. The summed E-state index contributed by atoms with van der Waals surface area (Å²) in [6, 6.07) is 66.9. The van der Waals surface area contributed by atoms with E-state index < -0.39 is 0 Å². The van der Waals surface area contributed by atoms with Crippen LogP contribution in [0.2, 0.25) is 0 Å². The third-order valence-electron chi connectivity index (χ3n) is 11.9. The molecular formula is C55H32N6OS. The van der Waals surface area contributed by atoms with Gasteiger partial charge in [0.2, 0.25) is 0 Å². The van der Waals surface area contributed by atoms with Crippen LogP contribution in [-0.4, -0.2) is 29.5 Å². The van der Waals surface area contributed by atoms with Crippen molar-refractivity contribution in [1.29, 1.82) is 0 Å². The minimum atomic E-state index is 0.607. The lowest BCUT2D eigenvalue weighted by atomic mass is 10.1. The van der Waals surface area contributed by atoms with Crippen molar-refractivity contribution in [1.82, 2.24) is 29.5 Å². The van der Waals surface area contributed by atoms with E-state index in [-0.39, 0.29) is 0 Å². The number of para-hydroxylation sites is 3. The first kappa shape index (κ1) is 35.4. The summed E-state index contributed by atoms with van der Waals surface area (Å²) in [4.78, 5) is 25.7. The number of hydrogen-bond donors (Lipinski definition) is 0. The summed E-state index contributed by atoms with van der Waals surface area (Å²) in [6.07, 6.45) is 0. The van der Waals surface area contributed by atoms with Gasteiger partial charge in [-0.1, -0.05) is 121 Å². The molecule has 0 atom stereocenters. The fourth-order valence-electron chi connectivity index (χ4n) is 8.93. The maximum Gasteiger partial charge on any atom is 0.180 e. The normalized spacial score (nSPS) is 11.8. The molecule has 0 aliphatic rings. The topological polar surface area (TPSA) is 82.5 Å². The van der Waals surface area contributed by atoms with Gasteiger partial charge in [0, 0.05) is 69.8 Å². The summed E-state index contributed by atoms with van der Waals surface area (Å²) in [5.41, 5.74) is 11.1. The molecule has 0 radical (unpaired) electrons. The molecule has 63 heavy (non-hydrogen) atoms. The van der Waals surface area contributed by atoms with Gasteiger partial charge in [0.1, 0.15) is 16.8 Å². The lowest BCUT2D eigenvalue weighted by Gasteiger charge is -2.11. The van der Waals surface area contributed by atoms with Crippen LogP contribution < -0.4 is 0 Å². The fourth-order valence-corrected chi connectivity index (χ4v) is 10.1. The van der Waals surface area contributed by atoms with E-state index in [2.05, 4.69) is 132 Å². The second-order valence-electron chi connectivity index (χ2n) is 15.6. The number of aromatic nitrogens is 6. The van der Waals surface area contributed by atoms with Crippen molar-refractivity contribution in [3.8, 4) is 62.5 Å². The van der Waals surface area contributed by atoms with Gasteiger partial charge >= 0.3 is 0 Å². The predicted octanol–water partition coefficient (Wildman–Crippen LogP) is 14.4. The van der Waals surface area contributed by atoms with Crippen molar-refractivity contribution in [2.75, 3.05) is 0 Å². The van der Waals surface area contributed by atoms with E-state index >= 15 is 0 Å². The third kappa shape index (κ3) is 5.76. The molecule has 0 saturated carbocycles. The highest BCUT2D eigenvalue weighted by molar-refractivity contribution is 7.26. The molecule has 0 N–H and O–H groups in total. The van der Waals surface area contributed by atoms with Gasteiger partial charge in [0.15, 0.2) is 28.9 Å². The quantitative estimate of drug-likeness (QED) is 0.166. The summed E-state index contributed by atoms with van der Waals surface area (Å²) in [5.74, 6) is 2.49.